The fourth-order valence-corrected chi connectivity index (χ4v) is 5.70. The van der Waals surface area contributed by atoms with Gasteiger partial charge in [0.25, 0.3) is 5.91 Å². The van der Waals surface area contributed by atoms with Crippen molar-refractivity contribution in [3.05, 3.63) is 75.8 Å². The Labute approximate surface area is 178 Å². The van der Waals surface area contributed by atoms with Crippen LogP contribution in [-0.2, 0) is 23.0 Å². The first-order chi connectivity index (χ1) is 14.4. The zero-order valence-corrected chi connectivity index (χ0v) is 17.8. The van der Waals surface area contributed by atoms with Crippen LogP contribution < -0.4 is 5.32 Å². The van der Waals surface area contributed by atoms with Gasteiger partial charge in [-0.1, -0.05) is 23.8 Å². The molecule has 2 heterocycles. The van der Waals surface area contributed by atoms with Gasteiger partial charge in [0, 0.05) is 23.4 Å². The largest absolute Gasteiger partial charge is 0.298 e. The maximum absolute atomic E-state index is 13.0. The van der Waals surface area contributed by atoms with Gasteiger partial charge in [0.2, 0.25) is 10.0 Å². The monoisotopic (exact) mass is 438 g/mol. The number of aryl methyl sites for hydroxylation is 1. The number of anilines is 1. The Hall–Kier alpha value is -3.06. The van der Waals surface area contributed by atoms with Gasteiger partial charge in [-0.25, -0.2) is 13.4 Å². The van der Waals surface area contributed by atoms with Crippen LogP contribution in [0.15, 0.2) is 53.4 Å². The minimum Gasteiger partial charge on any atom is -0.298 e. The van der Waals surface area contributed by atoms with Gasteiger partial charge in [-0.3, -0.25) is 10.1 Å². The summed E-state index contributed by atoms with van der Waals surface area (Å²) in [5.74, 6) is -0.359. The highest BCUT2D eigenvalue weighted by atomic mass is 32.2. The van der Waals surface area contributed by atoms with Crippen molar-refractivity contribution < 1.29 is 13.2 Å². The van der Waals surface area contributed by atoms with E-state index in [1.165, 1.54) is 21.7 Å². The van der Waals surface area contributed by atoms with Crippen molar-refractivity contribution >= 4 is 32.4 Å². The minimum absolute atomic E-state index is 0.225. The van der Waals surface area contributed by atoms with E-state index in [4.69, 9.17) is 5.26 Å². The average molecular weight is 439 g/mol. The molecule has 0 unspecified atom stereocenters. The molecule has 3 aromatic rings. The SMILES string of the molecule is Cc1ccc(S(=O)(=O)N2CCc3nc(NC(=O)c4cccc(C#N)c4)sc3C2)cc1. The van der Waals surface area contributed by atoms with E-state index < -0.39 is 10.0 Å². The summed E-state index contributed by atoms with van der Waals surface area (Å²) in [6.07, 6.45) is 0.483. The molecule has 152 valence electrons. The molecule has 0 fully saturated rings. The maximum atomic E-state index is 13.0. The molecular weight excluding hydrogens is 420 g/mol. The second-order valence-electron chi connectivity index (χ2n) is 6.94. The number of nitrogens with zero attached hydrogens (tertiary/aromatic N) is 3. The van der Waals surface area contributed by atoms with E-state index in [0.29, 0.717) is 29.2 Å². The third-order valence-corrected chi connectivity index (χ3v) is 7.69. The molecule has 1 aliphatic heterocycles. The number of hydrogen-bond donors (Lipinski definition) is 1. The highest BCUT2D eigenvalue weighted by molar-refractivity contribution is 7.89. The first-order valence-corrected chi connectivity index (χ1v) is 11.5. The Morgan fingerprint density at radius 3 is 2.73 bits per heavy atom. The van der Waals surface area contributed by atoms with Crippen molar-refractivity contribution in [2.24, 2.45) is 0 Å². The van der Waals surface area contributed by atoms with Crippen molar-refractivity contribution in [3.63, 3.8) is 0 Å². The standard InChI is InChI=1S/C21H18N4O3S2/c1-14-5-7-17(8-6-14)30(27,28)25-10-9-18-19(13-25)29-21(23-18)24-20(26)16-4-2-3-15(11-16)12-22/h2-8,11H,9-10,13H2,1H3,(H,23,24,26). The molecule has 0 bridgehead atoms. The number of carbonyl (C=O) groups is 1. The summed E-state index contributed by atoms with van der Waals surface area (Å²) in [6, 6.07) is 15.2. The second-order valence-corrected chi connectivity index (χ2v) is 9.96. The minimum atomic E-state index is -3.59. The molecule has 0 saturated carbocycles. The Morgan fingerprint density at radius 2 is 2.00 bits per heavy atom. The molecule has 7 nitrogen and oxygen atoms in total. The topological polar surface area (TPSA) is 103 Å². The van der Waals surface area contributed by atoms with Crippen molar-refractivity contribution in [1.29, 1.82) is 5.26 Å². The number of hydrogen-bond acceptors (Lipinski definition) is 6. The van der Waals surface area contributed by atoms with Crippen LogP contribution >= 0.6 is 11.3 Å². The van der Waals surface area contributed by atoms with Crippen LogP contribution in [0.5, 0.6) is 0 Å². The number of aromatic nitrogens is 1. The van der Waals surface area contributed by atoms with Crippen LogP contribution in [0, 0.1) is 18.3 Å². The molecule has 0 spiro atoms. The van der Waals surface area contributed by atoms with Crippen LogP contribution in [-0.4, -0.2) is 30.2 Å². The number of benzene rings is 2. The Kier molecular flexibility index (Phi) is 5.39. The van der Waals surface area contributed by atoms with Gasteiger partial charge in [0.15, 0.2) is 5.13 Å². The Morgan fingerprint density at radius 1 is 1.23 bits per heavy atom. The predicted octanol–water partition coefficient (Wildman–Crippen LogP) is 3.32. The van der Waals surface area contributed by atoms with E-state index in [0.717, 1.165) is 16.1 Å². The van der Waals surface area contributed by atoms with E-state index in [-0.39, 0.29) is 17.3 Å². The van der Waals surface area contributed by atoms with Crippen LogP contribution in [0.2, 0.25) is 0 Å². The quantitative estimate of drug-likeness (QED) is 0.673. The van der Waals surface area contributed by atoms with E-state index in [2.05, 4.69) is 10.3 Å². The van der Waals surface area contributed by atoms with Gasteiger partial charge >= 0.3 is 0 Å². The number of rotatable bonds is 4. The van der Waals surface area contributed by atoms with Gasteiger partial charge in [-0.15, -0.1) is 11.3 Å². The second kappa shape index (κ2) is 7.99. The molecule has 1 N–H and O–H groups in total. The Bertz CT molecular complexity index is 1260. The molecule has 1 aromatic heterocycles. The van der Waals surface area contributed by atoms with E-state index in [1.807, 2.05) is 13.0 Å². The Balaban J connectivity index is 1.51. The first-order valence-electron chi connectivity index (χ1n) is 9.24. The van der Waals surface area contributed by atoms with Crippen molar-refractivity contribution in [3.8, 4) is 6.07 Å². The highest BCUT2D eigenvalue weighted by Crippen LogP contribution is 2.31. The molecule has 0 saturated heterocycles. The molecule has 1 aliphatic rings. The lowest BCUT2D eigenvalue weighted by atomic mass is 10.1. The summed E-state index contributed by atoms with van der Waals surface area (Å²) >= 11 is 1.27. The van der Waals surface area contributed by atoms with Crippen LogP contribution in [0.4, 0.5) is 5.13 Å². The van der Waals surface area contributed by atoms with Gasteiger partial charge in [-0.2, -0.15) is 9.57 Å². The molecule has 0 atom stereocenters. The van der Waals surface area contributed by atoms with Crippen LogP contribution in [0.3, 0.4) is 0 Å². The average Bonchev–Trinajstić information content (AvgIpc) is 3.15. The molecule has 4 rings (SSSR count). The number of thiazole rings is 1. The third-order valence-electron chi connectivity index (χ3n) is 4.83. The van der Waals surface area contributed by atoms with Crippen molar-refractivity contribution in [1.82, 2.24) is 9.29 Å². The number of sulfonamides is 1. The van der Waals surface area contributed by atoms with Gasteiger partial charge in [-0.05, 0) is 37.3 Å². The van der Waals surface area contributed by atoms with E-state index in [9.17, 15) is 13.2 Å². The van der Waals surface area contributed by atoms with E-state index >= 15 is 0 Å². The maximum Gasteiger partial charge on any atom is 0.257 e. The summed E-state index contributed by atoms with van der Waals surface area (Å²) in [6.45, 7) is 2.47. The molecule has 30 heavy (non-hydrogen) atoms. The molecule has 9 heteroatoms. The normalized spacial score (nSPS) is 14.0. The lowest BCUT2D eigenvalue weighted by Gasteiger charge is -2.25. The fourth-order valence-electron chi connectivity index (χ4n) is 3.19. The summed E-state index contributed by atoms with van der Waals surface area (Å²) in [4.78, 5) is 18.0. The number of nitriles is 1. The lowest BCUT2D eigenvalue weighted by molar-refractivity contribution is 0.102. The summed E-state index contributed by atoms with van der Waals surface area (Å²) in [5.41, 5.74) is 2.57. The van der Waals surface area contributed by atoms with Gasteiger partial charge < -0.3 is 0 Å². The molecule has 0 aliphatic carbocycles. The smallest absolute Gasteiger partial charge is 0.257 e. The summed E-state index contributed by atoms with van der Waals surface area (Å²) in [5, 5.41) is 12.2. The number of fused-ring (bicyclic) bond motifs is 1. The fraction of sp³-hybridized carbons (Fsp3) is 0.190. The first kappa shape index (κ1) is 20.2. The zero-order chi connectivity index (χ0) is 21.3. The molecule has 1 amide bonds. The molecule has 0 radical (unpaired) electrons. The van der Waals surface area contributed by atoms with Crippen LogP contribution in [0.25, 0.3) is 0 Å². The molecule has 2 aromatic carbocycles. The zero-order valence-electron chi connectivity index (χ0n) is 16.1. The van der Waals surface area contributed by atoms with Gasteiger partial charge in [0.1, 0.15) is 0 Å². The summed E-state index contributed by atoms with van der Waals surface area (Å²) < 4.78 is 27.3. The number of carbonyl (C=O) groups excluding carboxylic acids is 1. The number of amides is 1. The highest BCUT2D eigenvalue weighted by Gasteiger charge is 2.30. The van der Waals surface area contributed by atoms with Crippen molar-refractivity contribution in [2.75, 3.05) is 11.9 Å². The van der Waals surface area contributed by atoms with Crippen LogP contribution in [0.1, 0.15) is 32.1 Å². The predicted molar refractivity (Wildman–Crippen MR) is 114 cm³/mol. The van der Waals surface area contributed by atoms with Gasteiger partial charge in [0.05, 0.1) is 28.8 Å². The van der Waals surface area contributed by atoms with Crippen molar-refractivity contribution in [2.45, 2.75) is 24.8 Å². The number of nitrogens with one attached hydrogen (secondary N) is 1. The third kappa shape index (κ3) is 3.98. The summed E-state index contributed by atoms with van der Waals surface area (Å²) in [7, 11) is -3.59. The van der Waals surface area contributed by atoms with E-state index in [1.54, 1.807) is 42.5 Å². The molecular formula is C21H18N4O3S2. The lowest BCUT2D eigenvalue weighted by Crippen LogP contribution is -2.35.